The van der Waals surface area contributed by atoms with E-state index in [0.29, 0.717) is 66.5 Å². The van der Waals surface area contributed by atoms with Gasteiger partial charge in [-0.25, -0.2) is 0 Å². The maximum Gasteiger partial charge on any atom is 0.120 e. The van der Waals surface area contributed by atoms with Crippen LogP contribution in [0.1, 0.15) is 166 Å². The third-order valence-corrected chi connectivity index (χ3v) is 44.2. The van der Waals surface area contributed by atoms with E-state index in [-0.39, 0.29) is 0 Å². The molecule has 4 nitrogen and oxygen atoms in total. The summed E-state index contributed by atoms with van der Waals surface area (Å²) in [5, 5.41) is 5.94. The van der Waals surface area contributed by atoms with Crippen LogP contribution in [0.15, 0.2) is 0 Å². The Hall–Kier alpha value is -0.752. The molecule has 9 heteroatoms. The Morgan fingerprint density at radius 2 is 0.472 bits per heavy atom. The molecule has 3 rings (SSSR count). The smallest absolute Gasteiger partial charge is 0.120 e. The number of rotatable bonds is 16. The highest BCUT2D eigenvalue weighted by molar-refractivity contribution is 7.05. The number of hydrogen-bond acceptors (Lipinski definition) is 5. The predicted octanol–water partition coefficient (Wildman–Crippen LogP) is 13.2. The molecule has 0 atom stereocenters. The van der Waals surface area contributed by atoms with Crippen molar-refractivity contribution in [2.24, 2.45) is 0 Å². The summed E-state index contributed by atoms with van der Waals surface area (Å²) in [6.45, 7) is 60.6. The molecule has 0 spiro atoms. The fourth-order valence-electron chi connectivity index (χ4n) is 14.3. The number of aromatic nitrogens is 4. The summed E-state index contributed by atoms with van der Waals surface area (Å²) in [5.74, 6) is 0. The molecule has 0 aliphatic carbocycles. The maximum atomic E-state index is 6.55. The predicted molar refractivity (Wildman–Crippen MR) is 253 cm³/mol. The van der Waals surface area contributed by atoms with E-state index < -0.39 is 32.3 Å². The molecule has 0 aliphatic rings. The van der Waals surface area contributed by atoms with Gasteiger partial charge >= 0.3 is 0 Å². The monoisotopic (exact) mass is 813 g/mol. The standard InChI is InChI=1S/C44H84N4SSi4/c1-25(2)50(26(3)4,27(5)6)41-37-38(42(40-39(41)47-49-48-40)51(28(7)8,29(9)10)30(11)12)46-44(53(34(19)20,35(21)22)36(23)24)43(45-37)52(31(13)14,32(15)16)33(17)18/h25-36H,1-24H3. The van der Waals surface area contributed by atoms with Gasteiger partial charge < -0.3 is 0 Å². The van der Waals surface area contributed by atoms with Crippen LogP contribution in [0.3, 0.4) is 0 Å². The van der Waals surface area contributed by atoms with E-state index in [1.165, 1.54) is 54.8 Å². The lowest BCUT2D eigenvalue weighted by atomic mass is 10.2. The lowest BCUT2D eigenvalue weighted by Crippen LogP contribution is -2.72. The minimum absolute atomic E-state index is 0.520. The van der Waals surface area contributed by atoms with Crippen LogP contribution in [-0.4, -0.2) is 51.0 Å². The summed E-state index contributed by atoms with van der Waals surface area (Å²) in [4.78, 5) is 13.1. The molecule has 53 heavy (non-hydrogen) atoms. The Balaban J connectivity index is 3.19. The Bertz CT molecular complexity index is 1490. The van der Waals surface area contributed by atoms with Gasteiger partial charge in [-0.3, -0.25) is 9.97 Å². The molecule has 0 aliphatic heterocycles. The van der Waals surface area contributed by atoms with Gasteiger partial charge in [0.1, 0.15) is 43.3 Å². The molecule has 0 fully saturated rings. The maximum absolute atomic E-state index is 6.55. The summed E-state index contributed by atoms with van der Waals surface area (Å²) in [5.41, 5.74) is 11.2. The van der Waals surface area contributed by atoms with Gasteiger partial charge in [-0.15, -0.1) is 0 Å². The van der Waals surface area contributed by atoms with Crippen LogP contribution in [0.5, 0.6) is 0 Å². The first-order chi connectivity index (χ1) is 24.3. The Morgan fingerprint density at radius 3 is 0.642 bits per heavy atom. The third kappa shape index (κ3) is 6.60. The van der Waals surface area contributed by atoms with Gasteiger partial charge in [0.05, 0.1) is 22.8 Å². The van der Waals surface area contributed by atoms with E-state index in [0.717, 1.165) is 0 Å². The van der Waals surface area contributed by atoms with Crippen LogP contribution in [0.25, 0.3) is 22.1 Å². The normalized spacial score (nSPS) is 14.6. The van der Waals surface area contributed by atoms with Crippen LogP contribution < -0.4 is 21.0 Å². The molecule has 3 aromatic rings. The van der Waals surface area contributed by atoms with Crippen molar-refractivity contribution < 1.29 is 0 Å². The average Bonchev–Trinajstić information content (AvgIpc) is 3.46. The van der Waals surface area contributed by atoms with E-state index in [4.69, 9.17) is 18.7 Å². The minimum Gasteiger partial charge on any atom is -0.255 e. The molecule has 0 amide bonds. The van der Waals surface area contributed by atoms with Gasteiger partial charge in [-0.2, -0.15) is 8.75 Å². The van der Waals surface area contributed by atoms with E-state index in [9.17, 15) is 0 Å². The first-order valence-electron chi connectivity index (χ1n) is 21.8. The van der Waals surface area contributed by atoms with Crippen LogP contribution in [-0.2, 0) is 0 Å². The number of hydrogen-bond donors (Lipinski definition) is 0. The lowest BCUT2D eigenvalue weighted by molar-refractivity contribution is 0.820. The first-order valence-corrected chi connectivity index (χ1v) is 31.4. The van der Waals surface area contributed by atoms with Gasteiger partial charge in [-0.05, 0) is 76.9 Å². The second-order valence-electron chi connectivity index (χ2n) is 20.9. The Labute approximate surface area is 336 Å². The Morgan fingerprint density at radius 1 is 0.283 bits per heavy atom. The van der Waals surface area contributed by atoms with Crippen molar-refractivity contribution in [1.82, 2.24) is 18.7 Å². The minimum atomic E-state index is -2.31. The zero-order valence-electron chi connectivity index (χ0n) is 39.1. The molecular formula is C44H84N4SSi4. The van der Waals surface area contributed by atoms with Crippen LogP contribution in [0, 0.1) is 0 Å². The fourth-order valence-corrected chi connectivity index (χ4v) is 43.0. The SMILES string of the molecule is CC(C)[Si](c1nc2c([Si](C(C)C)(C(C)C)C(C)C)c3nsnc3c([Si](C(C)C)(C(C)C)C(C)C)c2nc1[Si](C(C)C)(C(C)C)C(C)C)(C(C)C)C(C)C. The summed E-state index contributed by atoms with van der Waals surface area (Å²) >= 11 is 1.45. The highest BCUT2D eigenvalue weighted by atomic mass is 32.1. The largest absolute Gasteiger partial charge is 0.255 e. The summed E-state index contributed by atoms with van der Waals surface area (Å²) in [6, 6.07) is 0. The van der Waals surface area contributed by atoms with Crippen LogP contribution in [0.4, 0.5) is 0 Å². The first kappa shape index (κ1) is 46.6. The molecule has 0 saturated heterocycles. The zero-order chi connectivity index (χ0) is 41.1. The highest BCUT2D eigenvalue weighted by Gasteiger charge is 2.57. The zero-order valence-corrected chi connectivity index (χ0v) is 43.9. The van der Waals surface area contributed by atoms with Crippen molar-refractivity contribution in [1.29, 1.82) is 0 Å². The summed E-state index contributed by atoms with van der Waals surface area (Å²) < 4.78 is 10.9. The van der Waals surface area contributed by atoms with Crippen molar-refractivity contribution in [2.75, 3.05) is 0 Å². The molecule has 0 bridgehead atoms. The third-order valence-electron chi connectivity index (χ3n) is 15.5. The van der Waals surface area contributed by atoms with Crippen molar-refractivity contribution in [3.05, 3.63) is 0 Å². The van der Waals surface area contributed by atoms with Crippen molar-refractivity contribution >= 4 is 87.1 Å². The Kier molecular flexibility index (Phi) is 14.6. The van der Waals surface area contributed by atoms with E-state index in [1.54, 1.807) is 0 Å². The molecule has 0 N–H and O–H groups in total. The molecule has 1 aromatic carbocycles. The summed E-state index contributed by atoms with van der Waals surface area (Å²) in [6.07, 6.45) is 0. The molecule has 302 valence electrons. The quantitative estimate of drug-likeness (QED) is 0.135. The summed E-state index contributed by atoms with van der Waals surface area (Å²) in [7, 11) is -9.22. The van der Waals surface area contributed by atoms with E-state index in [2.05, 4.69) is 166 Å². The van der Waals surface area contributed by atoms with E-state index in [1.807, 2.05) is 0 Å². The molecule has 0 unspecified atom stereocenters. The van der Waals surface area contributed by atoms with Crippen LogP contribution in [0.2, 0.25) is 66.5 Å². The lowest BCUT2D eigenvalue weighted by Gasteiger charge is -2.50. The second-order valence-corrected chi connectivity index (χ2v) is 44.7. The van der Waals surface area contributed by atoms with Crippen molar-refractivity contribution in [2.45, 2.75) is 233 Å². The van der Waals surface area contributed by atoms with Gasteiger partial charge in [0, 0.05) is 10.6 Å². The fraction of sp³-hybridized carbons (Fsp3) is 0.818. The topological polar surface area (TPSA) is 51.6 Å². The van der Waals surface area contributed by atoms with Crippen molar-refractivity contribution in [3.63, 3.8) is 0 Å². The molecule has 0 saturated carbocycles. The van der Waals surface area contributed by atoms with Gasteiger partial charge in [0.25, 0.3) is 0 Å². The van der Waals surface area contributed by atoms with E-state index >= 15 is 0 Å². The molecule has 0 radical (unpaired) electrons. The number of benzene rings is 1. The van der Waals surface area contributed by atoms with Gasteiger partial charge in [0.2, 0.25) is 0 Å². The highest BCUT2D eigenvalue weighted by Crippen LogP contribution is 2.49. The molecular weight excluding hydrogens is 729 g/mol. The van der Waals surface area contributed by atoms with Crippen LogP contribution >= 0.6 is 11.7 Å². The number of nitrogens with zero attached hydrogens (tertiary/aromatic N) is 4. The molecule has 2 heterocycles. The van der Waals surface area contributed by atoms with Crippen molar-refractivity contribution in [3.8, 4) is 0 Å². The second kappa shape index (κ2) is 16.6. The average molecular weight is 814 g/mol. The van der Waals surface area contributed by atoms with Gasteiger partial charge in [0.15, 0.2) is 0 Å². The van der Waals surface area contributed by atoms with Gasteiger partial charge in [-0.1, -0.05) is 166 Å². The molecule has 2 aromatic heterocycles. The number of fused-ring (bicyclic) bond motifs is 2.